The van der Waals surface area contributed by atoms with Gasteiger partial charge in [-0.05, 0) is 25.7 Å². The topological polar surface area (TPSA) is 51.7 Å². The molecule has 2 heterocycles. The first kappa shape index (κ1) is 22.9. The molecule has 1 aliphatic heterocycles. The maximum Gasteiger partial charge on any atom is 0.226 e. The van der Waals surface area contributed by atoms with E-state index >= 15 is 0 Å². The van der Waals surface area contributed by atoms with Crippen LogP contribution in [0.3, 0.4) is 0 Å². The van der Waals surface area contributed by atoms with Gasteiger partial charge in [-0.2, -0.15) is 0 Å². The number of rotatable bonds is 10. The molecule has 30 heavy (non-hydrogen) atoms. The van der Waals surface area contributed by atoms with Crippen LogP contribution in [-0.4, -0.2) is 85.0 Å². The van der Waals surface area contributed by atoms with Gasteiger partial charge in [-0.15, -0.1) is 11.3 Å². The average Bonchev–Trinajstić information content (AvgIpc) is 3.22. The van der Waals surface area contributed by atoms with E-state index in [9.17, 15) is 4.79 Å². The van der Waals surface area contributed by atoms with Crippen molar-refractivity contribution in [3.05, 3.63) is 40.9 Å². The molecule has 6 nitrogen and oxygen atoms in total. The second-order valence-electron chi connectivity index (χ2n) is 7.97. The van der Waals surface area contributed by atoms with Gasteiger partial charge in [0.15, 0.2) is 0 Å². The molecular weight excluding hydrogens is 394 g/mol. The summed E-state index contributed by atoms with van der Waals surface area (Å²) < 4.78 is 0. The van der Waals surface area contributed by atoms with Crippen LogP contribution in [0, 0.1) is 0 Å². The molecular formula is C23H35N5OS. The van der Waals surface area contributed by atoms with E-state index in [1.54, 1.807) is 11.3 Å². The molecule has 0 atom stereocenters. The van der Waals surface area contributed by atoms with E-state index < -0.39 is 0 Å². The Bertz CT molecular complexity index is 779. The number of piperazine rings is 1. The van der Waals surface area contributed by atoms with Crippen LogP contribution in [0.15, 0.2) is 29.6 Å². The summed E-state index contributed by atoms with van der Waals surface area (Å²) in [5.74, 6) is 0.0431. The van der Waals surface area contributed by atoms with Crippen LogP contribution in [0.5, 0.6) is 0 Å². The summed E-state index contributed by atoms with van der Waals surface area (Å²) in [4.78, 5) is 24.1. The van der Waals surface area contributed by atoms with Crippen LogP contribution in [-0.2, 0) is 17.8 Å². The predicted molar refractivity (Wildman–Crippen MR) is 125 cm³/mol. The van der Waals surface area contributed by atoms with Gasteiger partial charge in [-0.25, -0.2) is 4.98 Å². The number of aromatic nitrogens is 1. The Morgan fingerprint density at radius 1 is 1.13 bits per heavy atom. The van der Waals surface area contributed by atoms with Crippen LogP contribution >= 0.6 is 11.3 Å². The first-order valence-corrected chi connectivity index (χ1v) is 11.9. The fourth-order valence-corrected chi connectivity index (χ4v) is 4.48. The van der Waals surface area contributed by atoms with Crippen LogP contribution in [0.2, 0.25) is 0 Å². The van der Waals surface area contributed by atoms with E-state index in [1.165, 1.54) is 5.56 Å². The predicted octanol–water partition coefficient (Wildman–Crippen LogP) is 2.56. The lowest BCUT2D eigenvalue weighted by atomic mass is 10.1. The number of nitrogens with one attached hydrogen (secondary N) is 1. The standard InChI is InChI=1S/C23H35N5OS/c1-4-27(5-2)11-10-24-22(29)16-21-18-30-23(25-21)20-8-6-19(7-9-20)17-28-14-12-26(3)13-15-28/h6-9,18H,4-5,10-17H2,1-3H3,(H,24,29). The Hall–Kier alpha value is -1.80. The van der Waals surface area contributed by atoms with Crippen molar-refractivity contribution in [3.8, 4) is 10.6 Å². The molecule has 0 bridgehead atoms. The summed E-state index contributed by atoms with van der Waals surface area (Å²) >= 11 is 1.61. The minimum atomic E-state index is 0.0431. The van der Waals surface area contributed by atoms with Crippen LogP contribution in [0.25, 0.3) is 10.6 Å². The molecule has 1 saturated heterocycles. The molecule has 1 N–H and O–H groups in total. The maximum atomic E-state index is 12.2. The zero-order valence-electron chi connectivity index (χ0n) is 18.6. The van der Waals surface area contributed by atoms with Crippen molar-refractivity contribution in [2.75, 3.05) is 59.4 Å². The number of nitrogens with zero attached hydrogens (tertiary/aromatic N) is 4. The summed E-state index contributed by atoms with van der Waals surface area (Å²) in [6.45, 7) is 13.4. The number of carbonyl (C=O) groups is 1. The first-order chi connectivity index (χ1) is 14.6. The van der Waals surface area contributed by atoms with Crippen molar-refractivity contribution in [2.24, 2.45) is 0 Å². The van der Waals surface area contributed by atoms with E-state index in [0.717, 1.165) is 68.6 Å². The molecule has 1 aromatic heterocycles. The zero-order valence-corrected chi connectivity index (χ0v) is 19.4. The third-order valence-electron chi connectivity index (χ3n) is 5.74. The second kappa shape index (κ2) is 11.6. The van der Waals surface area contributed by atoms with Crippen molar-refractivity contribution in [2.45, 2.75) is 26.8 Å². The number of hydrogen-bond acceptors (Lipinski definition) is 6. The van der Waals surface area contributed by atoms with E-state index in [4.69, 9.17) is 0 Å². The van der Waals surface area contributed by atoms with Crippen molar-refractivity contribution in [1.29, 1.82) is 0 Å². The Morgan fingerprint density at radius 3 is 2.50 bits per heavy atom. The van der Waals surface area contributed by atoms with Gasteiger partial charge < -0.3 is 15.1 Å². The third kappa shape index (κ3) is 6.87. The highest BCUT2D eigenvalue weighted by atomic mass is 32.1. The highest BCUT2D eigenvalue weighted by Gasteiger charge is 2.14. The van der Waals surface area contributed by atoms with Crippen LogP contribution in [0.4, 0.5) is 0 Å². The fraction of sp³-hybridized carbons (Fsp3) is 0.565. The highest BCUT2D eigenvalue weighted by Crippen LogP contribution is 2.24. The molecule has 1 aliphatic rings. The summed E-state index contributed by atoms with van der Waals surface area (Å²) in [6, 6.07) is 8.71. The van der Waals surface area contributed by atoms with E-state index in [-0.39, 0.29) is 5.91 Å². The SMILES string of the molecule is CCN(CC)CCNC(=O)Cc1csc(-c2ccc(CN3CCN(C)CC3)cc2)n1. The Balaban J connectivity index is 1.47. The van der Waals surface area contributed by atoms with Gasteiger partial charge in [0.1, 0.15) is 5.01 Å². The van der Waals surface area contributed by atoms with Crippen molar-refractivity contribution in [3.63, 3.8) is 0 Å². The third-order valence-corrected chi connectivity index (χ3v) is 6.68. The molecule has 0 radical (unpaired) electrons. The summed E-state index contributed by atoms with van der Waals surface area (Å²) in [6.07, 6.45) is 0.343. The molecule has 1 aromatic carbocycles. The summed E-state index contributed by atoms with van der Waals surface area (Å²) in [5, 5.41) is 5.98. The first-order valence-electron chi connectivity index (χ1n) is 11.0. The highest BCUT2D eigenvalue weighted by molar-refractivity contribution is 7.13. The van der Waals surface area contributed by atoms with Crippen LogP contribution < -0.4 is 5.32 Å². The molecule has 7 heteroatoms. The minimum absolute atomic E-state index is 0.0431. The van der Waals surface area contributed by atoms with Gasteiger partial charge in [0, 0.05) is 56.8 Å². The van der Waals surface area contributed by atoms with Gasteiger partial charge >= 0.3 is 0 Å². The zero-order chi connectivity index (χ0) is 21.3. The largest absolute Gasteiger partial charge is 0.354 e. The number of carbonyl (C=O) groups excluding carboxylic acids is 1. The molecule has 1 amide bonds. The molecule has 0 unspecified atom stereocenters. The van der Waals surface area contributed by atoms with E-state index in [1.807, 2.05) is 5.38 Å². The van der Waals surface area contributed by atoms with Crippen LogP contribution in [0.1, 0.15) is 25.1 Å². The van der Waals surface area contributed by atoms with Gasteiger partial charge in [0.2, 0.25) is 5.91 Å². The Kier molecular flexibility index (Phi) is 8.81. The number of thiazole rings is 1. The molecule has 2 aromatic rings. The number of hydrogen-bond donors (Lipinski definition) is 1. The normalized spacial score (nSPS) is 15.6. The number of likely N-dealkylation sites (N-methyl/N-ethyl adjacent to an activating group) is 2. The van der Waals surface area contributed by atoms with Crippen molar-refractivity contribution in [1.82, 2.24) is 25.0 Å². The molecule has 0 saturated carbocycles. The Morgan fingerprint density at radius 2 is 1.83 bits per heavy atom. The maximum absolute atomic E-state index is 12.2. The lowest BCUT2D eigenvalue weighted by molar-refractivity contribution is -0.120. The monoisotopic (exact) mass is 429 g/mol. The smallest absolute Gasteiger partial charge is 0.226 e. The number of amides is 1. The summed E-state index contributed by atoms with van der Waals surface area (Å²) in [7, 11) is 2.18. The average molecular weight is 430 g/mol. The fourth-order valence-electron chi connectivity index (χ4n) is 3.66. The van der Waals surface area contributed by atoms with Gasteiger partial charge in [-0.3, -0.25) is 9.69 Å². The molecule has 3 rings (SSSR count). The lowest BCUT2D eigenvalue weighted by Gasteiger charge is -2.32. The molecule has 0 aliphatic carbocycles. The Labute approximate surface area is 184 Å². The quantitative estimate of drug-likeness (QED) is 0.629. The molecule has 1 fully saturated rings. The molecule has 0 spiro atoms. The van der Waals surface area contributed by atoms with Crippen molar-refractivity contribution < 1.29 is 4.79 Å². The number of benzene rings is 1. The molecule has 164 valence electrons. The van der Waals surface area contributed by atoms with Gasteiger partial charge in [-0.1, -0.05) is 38.1 Å². The van der Waals surface area contributed by atoms with E-state index in [2.05, 4.69) is 70.2 Å². The second-order valence-corrected chi connectivity index (χ2v) is 8.83. The minimum Gasteiger partial charge on any atom is -0.354 e. The van der Waals surface area contributed by atoms with Crippen molar-refractivity contribution >= 4 is 17.2 Å². The lowest BCUT2D eigenvalue weighted by Crippen LogP contribution is -2.43. The summed E-state index contributed by atoms with van der Waals surface area (Å²) in [5.41, 5.74) is 3.31. The van der Waals surface area contributed by atoms with Gasteiger partial charge in [0.25, 0.3) is 0 Å². The van der Waals surface area contributed by atoms with Gasteiger partial charge in [0.05, 0.1) is 12.1 Å². The van der Waals surface area contributed by atoms with E-state index in [0.29, 0.717) is 13.0 Å².